The first-order valence-corrected chi connectivity index (χ1v) is 11.5. The molecule has 0 radical (unpaired) electrons. The fourth-order valence-electron chi connectivity index (χ4n) is 4.36. The van der Waals surface area contributed by atoms with Gasteiger partial charge in [-0.2, -0.15) is 0 Å². The van der Waals surface area contributed by atoms with E-state index in [0.29, 0.717) is 21.4 Å². The van der Waals surface area contributed by atoms with Crippen LogP contribution in [0.3, 0.4) is 0 Å². The average Bonchev–Trinajstić information content (AvgIpc) is 3.22. The van der Waals surface area contributed by atoms with Crippen molar-refractivity contribution in [1.82, 2.24) is 4.57 Å². The van der Waals surface area contributed by atoms with Crippen molar-refractivity contribution < 1.29 is 14.3 Å². The fourth-order valence-corrected chi connectivity index (χ4v) is 4.66. The number of nitrogens with zero attached hydrogens (tertiary/aromatic N) is 2. The lowest BCUT2D eigenvalue weighted by Crippen LogP contribution is -2.24. The van der Waals surface area contributed by atoms with Crippen LogP contribution in [-0.4, -0.2) is 23.6 Å². The first-order valence-electron chi connectivity index (χ1n) is 10.7. The molecule has 1 aliphatic heterocycles. The molecule has 4 rings (SSSR count). The number of benzene rings is 2. The van der Waals surface area contributed by atoms with Gasteiger partial charge in [-0.15, -0.1) is 0 Å². The molecule has 3 aromatic rings. The highest BCUT2D eigenvalue weighted by Crippen LogP contribution is 2.37. The Bertz CT molecular complexity index is 1380. The van der Waals surface area contributed by atoms with Crippen LogP contribution in [0.4, 0.5) is 5.69 Å². The highest BCUT2D eigenvalue weighted by atomic mass is 35.5. The minimum Gasteiger partial charge on any atom is -0.465 e. The number of esters is 1. The molecule has 0 aliphatic carbocycles. The van der Waals surface area contributed by atoms with Crippen LogP contribution in [0.2, 0.25) is 10.0 Å². The molecule has 34 heavy (non-hydrogen) atoms. The number of carbonyl (C=O) groups is 2. The van der Waals surface area contributed by atoms with E-state index in [0.717, 1.165) is 28.2 Å². The number of carbonyl (C=O) groups excluding carboxylic acids is 2. The van der Waals surface area contributed by atoms with Crippen molar-refractivity contribution in [3.8, 4) is 5.69 Å². The molecule has 174 valence electrons. The van der Waals surface area contributed by atoms with E-state index < -0.39 is 5.97 Å². The van der Waals surface area contributed by atoms with Gasteiger partial charge in [-0.25, -0.2) is 4.79 Å². The number of aromatic nitrogens is 1. The van der Waals surface area contributed by atoms with Gasteiger partial charge >= 0.3 is 5.97 Å². The zero-order valence-electron chi connectivity index (χ0n) is 19.6. The van der Waals surface area contributed by atoms with Crippen molar-refractivity contribution in [2.24, 2.45) is 0 Å². The van der Waals surface area contributed by atoms with Crippen molar-refractivity contribution >= 4 is 46.8 Å². The first kappa shape index (κ1) is 23.9. The summed E-state index contributed by atoms with van der Waals surface area (Å²) in [4.78, 5) is 27.8. The summed E-state index contributed by atoms with van der Waals surface area (Å²) in [5.41, 5.74) is 6.42. The van der Waals surface area contributed by atoms with Gasteiger partial charge in [0.1, 0.15) is 0 Å². The molecule has 2 heterocycles. The number of rotatable bonds is 4. The van der Waals surface area contributed by atoms with E-state index in [2.05, 4.69) is 4.57 Å². The fraction of sp³-hybridized carbons (Fsp3) is 0.185. The predicted octanol–water partition coefficient (Wildman–Crippen LogP) is 6.59. The lowest BCUT2D eigenvalue weighted by molar-refractivity contribution is -0.136. The number of allylic oxidation sites excluding steroid dienone is 1. The van der Waals surface area contributed by atoms with Crippen LogP contribution >= 0.6 is 23.2 Å². The molecular weight excluding hydrogens is 471 g/mol. The molecule has 7 heteroatoms. The van der Waals surface area contributed by atoms with Crippen LogP contribution in [0.1, 0.15) is 29.4 Å². The molecule has 1 amide bonds. The molecule has 0 saturated carbocycles. The van der Waals surface area contributed by atoms with Crippen molar-refractivity contribution in [3.05, 3.63) is 97.9 Å². The van der Waals surface area contributed by atoms with Crippen LogP contribution in [0.15, 0.2) is 65.4 Å². The summed E-state index contributed by atoms with van der Waals surface area (Å²) in [6.07, 6.45) is 1.76. The van der Waals surface area contributed by atoms with Crippen LogP contribution in [-0.2, 0) is 14.3 Å². The summed E-state index contributed by atoms with van der Waals surface area (Å²) in [6, 6.07) is 14.6. The maximum Gasteiger partial charge on any atom is 0.340 e. The number of anilines is 1. The van der Waals surface area contributed by atoms with Gasteiger partial charge in [0.2, 0.25) is 0 Å². The molecule has 0 spiro atoms. The van der Waals surface area contributed by atoms with Crippen molar-refractivity contribution in [2.75, 3.05) is 12.0 Å². The number of ether oxygens (including phenoxy) is 1. The third kappa shape index (κ3) is 4.06. The van der Waals surface area contributed by atoms with Gasteiger partial charge in [-0.1, -0.05) is 29.3 Å². The Hall–Kier alpha value is -3.28. The van der Waals surface area contributed by atoms with Gasteiger partial charge in [0.25, 0.3) is 5.91 Å². The zero-order valence-corrected chi connectivity index (χ0v) is 21.1. The minimum atomic E-state index is -0.562. The monoisotopic (exact) mass is 494 g/mol. The Kier molecular flexibility index (Phi) is 6.43. The quantitative estimate of drug-likeness (QED) is 0.303. The van der Waals surface area contributed by atoms with E-state index in [-0.39, 0.29) is 17.1 Å². The maximum atomic E-state index is 13.6. The van der Waals surface area contributed by atoms with E-state index >= 15 is 0 Å². The molecule has 0 bridgehead atoms. The number of amides is 1. The molecular formula is C27H24Cl2N2O3. The summed E-state index contributed by atoms with van der Waals surface area (Å²) in [6.45, 7) is 7.73. The summed E-state index contributed by atoms with van der Waals surface area (Å²) < 4.78 is 7.12. The summed E-state index contributed by atoms with van der Waals surface area (Å²) in [5.74, 6) is -0.864. The third-order valence-electron chi connectivity index (χ3n) is 6.06. The molecule has 1 aliphatic rings. The molecule has 5 nitrogen and oxygen atoms in total. The first-order chi connectivity index (χ1) is 16.1. The third-order valence-corrected chi connectivity index (χ3v) is 6.54. The SMILES string of the molecule is COC(=O)C1=C(C)N(c2ccc(Cl)cc2)C(=O)/C1=C\c1cc(C)n(-c2cc(Cl)ccc2C)c1C. The summed E-state index contributed by atoms with van der Waals surface area (Å²) in [5, 5.41) is 1.20. The van der Waals surface area contributed by atoms with E-state index in [1.165, 1.54) is 12.0 Å². The maximum absolute atomic E-state index is 13.6. The normalized spacial score (nSPS) is 15.0. The molecule has 1 aromatic heterocycles. The molecule has 0 saturated heterocycles. The van der Waals surface area contributed by atoms with E-state index in [4.69, 9.17) is 27.9 Å². The number of hydrogen-bond acceptors (Lipinski definition) is 3. The second-order valence-corrected chi connectivity index (χ2v) is 9.09. The Labute approximate surface area is 208 Å². The Morgan fingerprint density at radius 1 is 0.941 bits per heavy atom. The van der Waals surface area contributed by atoms with Gasteiger partial charge in [-0.3, -0.25) is 9.69 Å². The molecule has 0 N–H and O–H groups in total. The second kappa shape index (κ2) is 9.16. The van der Waals surface area contributed by atoms with Gasteiger partial charge in [0.15, 0.2) is 0 Å². The van der Waals surface area contributed by atoms with Crippen molar-refractivity contribution in [1.29, 1.82) is 0 Å². The van der Waals surface area contributed by atoms with Crippen LogP contribution in [0, 0.1) is 20.8 Å². The minimum absolute atomic E-state index is 0.242. The van der Waals surface area contributed by atoms with E-state index in [1.807, 2.05) is 45.0 Å². The van der Waals surface area contributed by atoms with E-state index in [1.54, 1.807) is 37.3 Å². The van der Waals surface area contributed by atoms with Crippen LogP contribution in [0.25, 0.3) is 11.8 Å². The van der Waals surface area contributed by atoms with E-state index in [9.17, 15) is 9.59 Å². The summed E-state index contributed by atoms with van der Waals surface area (Å²) in [7, 11) is 1.31. The predicted molar refractivity (Wildman–Crippen MR) is 137 cm³/mol. The number of methoxy groups -OCH3 is 1. The lowest BCUT2D eigenvalue weighted by atomic mass is 10.0. The molecule has 2 aromatic carbocycles. The number of hydrogen-bond donors (Lipinski definition) is 0. The standard InChI is InChI=1S/C27H24Cl2N2O3/c1-15-6-7-21(29)14-24(15)30-16(2)12-19(17(30)3)13-23-25(27(33)34-5)18(4)31(26(23)32)22-10-8-20(28)9-11-22/h6-14H,1-5H3/b23-13-. The van der Waals surface area contributed by atoms with Crippen molar-refractivity contribution in [3.63, 3.8) is 0 Å². The average molecular weight is 495 g/mol. The Morgan fingerprint density at radius 2 is 1.59 bits per heavy atom. The second-order valence-electron chi connectivity index (χ2n) is 8.22. The largest absolute Gasteiger partial charge is 0.465 e. The van der Waals surface area contributed by atoms with Crippen LogP contribution < -0.4 is 4.90 Å². The topological polar surface area (TPSA) is 51.5 Å². The van der Waals surface area contributed by atoms with Gasteiger partial charge < -0.3 is 9.30 Å². The smallest absolute Gasteiger partial charge is 0.340 e. The number of aryl methyl sites for hydroxylation is 2. The van der Waals surface area contributed by atoms with Gasteiger partial charge in [0.05, 0.1) is 18.3 Å². The van der Waals surface area contributed by atoms with Gasteiger partial charge in [-0.05, 0) is 87.4 Å². The van der Waals surface area contributed by atoms with Gasteiger partial charge in [0, 0.05) is 38.5 Å². The molecule has 0 fully saturated rings. The number of halogens is 2. The molecule has 0 unspecified atom stereocenters. The lowest BCUT2D eigenvalue weighted by Gasteiger charge is -2.18. The highest BCUT2D eigenvalue weighted by molar-refractivity contribution is 6.31. The molecule has 0 atom stereocenters. The highest BCUT2D eigenvalue weighted by Gasteiger charge is 2.38. The Morgan fingerprint density at radius 3 is 2.24 bits per heavy atom. The van der Waals surface area contributed by atoms with Crippen molar-refractivity contribution in [2.45, 2.75) is 27.7 Å². The summed E-state index contributed by atoms with van der Waals surface area (Å²) >= 11 is 12.3. The van der Waals surface area contributed by atoms with Crippen LogP contribution in [0.5, 0.6) is 0 Å². The Balaban J connectivity index is 1.86. The zero-order chi connectivity index (χ0) is 24.7.